The molecule has 2 rings (SSSR count). The third kappa shape index (κ3) is 4.73. The van der Waals surface area contributed by atoms with Crippen LogP contribution in [-0.4, -0.2) is 56.1 Å². The van der Waals surface area contributed by atoms with Gasteiger partial charge >= 0.3 is 0 Å². The minimum absolute atomic E-state index is 0. The SMILES string of the molecule is CCOc1cc([N+](=O)[O-])c(C(=O)N2CCC(CNC)C2)cc1OC.Cl. The molecule has 1 amide bonds. The molecule has 0 radical (unpaired) electrons. The monoisotopic (exact) mass is 373 g/mol. The van der Waals surface area contributed by atoms with Crippen LogP contribution < -0.4 is 14.8 Å². The number of hydrogen-bond acceptors (Lipinski definition) is 6. The highest BCUT2D eigenvalue weighted by molar-refractivity contribution is 5.99. The molecule has 0 aliphatic carbocycles. The van der Waals surface area contributed by atoms with Crippen molar-refractivity contribution in [3.8, 4) is 11.5 Å². The van der Waals surface area contributed by atoms with Crippen molar-refractivity contribution in [3.05, 3.63) is 27.8 Å². The summed E-state index contributed by atoms with van der Waals surface area (Å²) >= 11 is 0. The summed E-state index contributed by atoms with van der Waals surface area (Å²) in [5, 5.41) is 14.5. The van der Waals surface area contributed by atoms with Gasteiger partial charge in [-0.15, -0.1) is 12.4 Å². The molecule has 1 saturated heterocycles. The summed E-state index contributed by atoms with van der Waals surface area (Å²) in [5.41, 5.74) is -0.230. The van der Waals surface area contributed by atoms with Gasteiger partial charge in [-0.05, 0) is 32.9 Å². The Morgan fingerprint density at radius 3 is 2.72 bits per heavy atom. The second-order valence-corrected chi connectivity index (χ2v) is 5.67. The van der Waals surface area contributed by atoms with Gasteiger partial charge in [-0.25, -0.2) is 0 Å². The predicted octanol–water partition coefficient (Wildman–Crippen LogP) is 2.11. The molecule has 0 saturated carbocycles. The third-order valence-corrected chi connectivity index (χ3v) is 4.07. The lowest BCUT2D eigenvalue weighted by atomic mass is 10.1. The van der Waals surface area contributed by atoms with Gasteiger partial charge in [0.25, 0.3) is 11.6 Å². The molecule has 25 heavy (non-hydrogen) atoms. The van der Waals surface area contributed by atoms with E-state index in [9.17, 15) is 14.9 Å². The van der Waals surface area contributed by atoms with Gasteiger partial charge < -0.3 is 19.7 Å². The highest BCUT2D eigenvalue weighted by atomic mass is 35.5. The Labute approximate surface area is 153 Å². The number of carbonyl (C=O) groups excluding carboxylic acids is 1. The van der Waals surface area contributed by atoms with Gasteiger partial charge in [-0.3, -0.25) is 14.9 Å². The van der Waals surface area contributed by atoms with Crippen LogP contribution in [0.3, 0.4) is 0 Å². The molecule has 1 aliphatic rings. The molecule has 1 heterocycles. The van der Waals surface area contributed by atoms with E-state index in [-0.39, 0.29) is 35.3 Å². The number of nitro benzene ring substituents is 1. The molecule has 8 nitrogen and oxygen atoms in total. The van der Waals surface area contributed by atoms with E-state index in [0.29, 0.717) is 31.4 Å². The zero-order valence-electron chi connectivity index (χ0n) is 14.6. The Kier molecular flexibility index (Phi) is 7.92. The van der Waals surface area contributed by atoms with Gasteiger partial charge in [0.1, 0.15) is 5.56 Å². The van der Waals surface area contributed by atoms with E-state index < -0.39 is 4.92 Å². The van der Waals surface area contributed by atoms with Crippen LogP contribution in [-0.2, 0) is 0 Å². The summed E-state index contributed by atoms with van der Waals surface area (Å²) in [4.78, 5) is 25.3. The smallest absolute Gasteiger partial charge is 0.286 e. The average molecular weight is 374 g/mol. The Morgan fingerprint density at radius 2 is 2.16 bits per heavy atom. The molecule has 0 aromatic heterocycles. The predicted molar refractivity (Wildman–Crippen MR) is 96.0 cm³/mol. The van der Waals surface area contributed by atoms with Crippen molar-refractivity contribution in [2.45, 2.75) is 13.3 Å². The van der Waals surface area contributed by atoms with Gasteiger partial charge in [0, 0.05) is 19.2 Å². The first kappa shape index (κ1) is 21.0. The van der Waals surface area contributed by atoms with E-state index in [1.165, 1.54) is 19.2 Å². The molecule has 1 aliphatic heterocycles. The van der Waals surface area contributed by atoms with Crippen molar-refractivity contribution in [3.63, 3.8) is 0 Å². The Bertz CT molecular complexity index is 626. The van der Waals surface area contributed by atoms with Crippen molar-refractivity contribution >= 4 is 24.0 Å². The summed E-state index contributed by atoms with van der Waals surface area (Å²) in [6.45, 7) is 4.12. The van der Waals surface area contributed by atoms with Gasteiger partial charge in [0.05, 0.1) is 24.7 Å². The molecule has 1 unspecified atom stereocenters. The number of amides is 1. The van der Waals surface area contributed by atoms with Crippen LogP contribution >= 0.6 is 12.4 Å². The minimum atomic E-state index is -0.559. The molecular formula is C16H24ClN3O5. The number of hydrogen-bond donors (Lipinski definition) is 1. The van der Waals surface area contributed by atoms with Gasteiger partial charge in [-0.2, -0.15) is 0 Å². The van der Waals surface area contributed by atoms with Crippen LogP contribution in [0.25, 0.3) is 0 Å². The van der Waals surface area contributed by atoms with Crippen molar-refractivity contribution < 1.29 is 19.2 Å². The van der Waals surface area contributed by atoms with Gasteiger partial charge in [-0.1, -0.05) is 0 Å². The second-order valence-electron chi connectivity index (χ2n) is 5.67. The quantitative estimate of drug-likeness (QED) is 0.581. The summed E-state index contributed by atoms with van der Waals surface area (Å²) < 4.78 is 10.6. The Morgan fingerprint density at radius 1 is 1.44 bits per heavy atom. The number of nitrogens with one attached hydrogen (secondary N) is 1. The molecular weight excluding hydrogens is 350 g/mol. The van der Waals surface area contributed by atoms with Crippen LogP contribution in [0.5, 0.6) is 11.5 Å². The number of nitro groups is 1. The molecule has 1 N–H and O–H groups in total. The van der Waals surface area contributed by atoms with E-state index >= 15 is 0 Å². The molecule has 1 atom stereocenters. The zero-order valence-corrected chi connectivity index (χ0v) is 15.4. The molecule has 1 fully saturated rings. The summed E-state index contributed by atoms with van der Waals surface area (Å²) in [6, 6.07) is 2.66. The Hall–Kier alpha value is -2.06. The number of likely N-dealkylation sites (tertiary alicyclic amines) is 1. The van der Waals surface area contributed by atoms with Crippen LogP contribution in [0.4, 0.5) is 5.69 Å². The number of nitrogens with zero attached hydrogens (tertiary/aromatic N) is 2. The number of ether oxygens (including phenoxy) is 2. The van der Waals surface area contributed by atoms with Crippen molar-refractivity contribution in [1.29, 1.82) is 0 Å². The second kappa shape index (κ2) is 9.43. The van der Waals surface area contributed by atoms with Crippen molar-refractivity contribution in [2.24, 2.45) is 5.92 Å². The lowest BCUT2D eigenvalue weighted by Crippen LogP contribution is -2.30. The number of rotatable bonds is 7. The molecule has 9 heteroatoms. The first-order valence-corrected chi connectivity index (χ1v) is 7.94. The van der Waals surface area contributed by atoms with E-state index in [1.807, 2.05) is 7.05 Å². The fraction of sp³-hybridized carbons (Fsp3) is 0.562. The summed E-state index contributed by atoms with van der Waals surface area (Å²) in [7, 11) is 3.31. The zero-order chi connectivity index (χ0) is 17.7. The van der Waals surface area contributed by atoms with E-state index in [4.69, 9.17) is 9.47 Å². The fourth-order valence-electron chi connectivity index (χ4n) is 2.94. The minimum Gasteiger partial charge on any atom is -0.493 e. The van der Waals surface area contributed by atoms with E-state index in [2.05, 4.69) is 5.32 Å². The highest BCUT2D eigenvalue weighted by Crippen LogP contribution is 2.36. The maximum atomic E-state index is 12.8. The third-order valence-electron chi connectivity index (χ3n) is 4.07. The molecule has 0 bridgehead atoms. The van der Waals surface area contributed by atoms with E-state index in [0.717, 1.165) is 13.0 Å². The van der Waals surface area contributed by atoms with Crippen LogP contribution in [0, 0.1) is 16.0 Å². The number of benzene rings is 1. The van der Waals surface area contributed by atoms with Crippen LogP contribution in [0.15, 0.2) is 12.1 Å². The van der Waals surface area contributed by atoms with E-state index in [1.54, 1.807) is 11.8 Å². The number of carbonyl (C=O) groups is 1. The number of halogens is 1. The molecule has 1 aromatic carbocycles. The topological polar surface area (TPSA) is 93.9 Å². The average Bonchev–Trinajstić information content (AvgIpc) is 3.03. The van der Waals surface area contributed by atoms with Crippen LogP contribution in [0.2, 0.25) is 0 Å². The lowest BCUT2D eigenvalue weighted by molar-refractivity contribution is -0.385. The molecule has 140 valence electrons. The fourth-order valence-corrected chi connectivity index (χ4v) is 2.94. The highest BCUT2D eigenvalue weighted by Gasteiger charge is 2.32. The van der Waals surface area contributed by atoms with Crippen LogP contribution in [0.1, 0.15) is 23.7 Å². The largest absolute Gasteiger partial charge is 0.493 e. The molecule has 1 aromatic rings. The first-order chi connectivity index (χ1) is 11.5. The maximum absolute atomic E-state index is 12.8. The maximum Gasteiger partial charge on any atom is 0.286 e. The number of methoxy groups -OCH3 is 1. The first-order valence-electron chi connectivity index (χ1n) is 7.94. The molecule has 0 spiro atoms. The lowest BCUT2D eigenvalue weighted by Gasteiger charge is -2.18. The normalized spacial score (nSPS) is 16.3. The van der Waals surface area contributed by atoms with Gasteiger partial charge in [0.2, 0.25) is 0 Å². The standard InChI is InChI=1S/C16H23N3O5.ClH/c1-4-24-15-8-13(19(21)22)12(7-14(15)23-3)16(20)18-6-5-11(10-18)9-17-2;/h7-8,11,17H,4-6,9-10H2,1-3H3;1H. The van der Waals surface area contributed by atoms with Crippen molar-refractivity contribution in [1.82, 2.24) is 10.2 Å². The Balaban J connectivity index is 0.00000312. The summed E-state index contributed by atoms with van der Waals surface area (Å²) in [6.07, 6.45) is 0.883. The van der Waals surface area contributed by atoms with Crippen molar-refractivity contribution in [2.75, 3.05) is 40.4 Å². The van der Waals surface area contributed by atoms with Gasteiger partial charge in [0.15, 0.2) is 11.5 Å². The summed E-state index contributed by atoms with van der Waals surface area (Å²) in [5.74, 6) is 0.596.